The number of rotatable bonds is 3. The highest BCUT2D eigenvalue weighted by atomic mass is 19.3. The molecule has 2 heterocycles. The van der Waals surface area contributed by atoms with E-state index in [1.165, 1.54) is 0 Å². The molecule has 0 aliphatic carbocycles. The summed E-state index contributed by atoms with van der Waals surface area (Å²) < 4.78 is 27.3. The van der Waals surface area contributed by atoms with Gasteiger partial charge in [-0.15, -0.1) is 0 Å². The first-order valence-corrected chi connectivity index (χ1v) is 5.83. The van der Waals surface area contributed by atoms with Crippen molar-refractivity contribution in [2.45, 2.75) is 38.3 Å². The molecule has 0 aromatic rings. The van der Waals surface area contributed by atoms with Gasteiger partial charge in [-0.3, -0.25) is 9.69 Å². The van der Waals surface area contributed by atoms with Crippen molar-refractivity contribution in [2.75, 3.05) is 19.6 Å². The van der Waals surface area contributed by atoms with Crippen LogP contribution in [-0.4, -0.2) is 53.6 Å². The minimum absolute atomic E-state index is 0.167. The van der Waals surface area contributed by atoms with Crippen LogP contribution in [0.25, 0.3) is 0 Å². The molecule has 2 atom stereocenters. The maximum atomic E-state index is 13.7. The fraction of sp³-hybridized carbons (Fsp3) is 0.909. The normalized spacial score (nSPS) is 32.7. The summed E-state index contributed by atoms with van der Waals surface area (Å²) in [6.07, 6.45) is 0.663. The van der Waals surface area contributed by atoms with Gasteiger partial charge in [0, 0.05) is 19.1 Å². The van der Waals surface area contributed by atoms with Crippen LogP contribution in [0.15, 0.2) is 0 Å². The third-order valence-electron chi connectivity index (χ3n) is 3.71. The van der Waals surface area contributed by atoms with Crippen LogP contribution < -0.4 is 5.32 Å². The van der Waals surface area contributed by atoms with Crippen molar-refractivity contribution >= 4 is 5.97 Å². The van der Waals surface area contributed by atoms with E-state index in [1.807, 2.05) is 0 Å². The minimum atomic E-state index is -2.75. The van der Waals surface area contributed by atoms with Gasteiger partial charge in [0.25, 0.3) is 5.92 Å². The molecule has 6 heteroatoms. The molecule has 2 N–H and O–H groups in total. The SMILES string of the molecule is CC(C)(CN1CC[C@@H]2NCC(F)(F)[C@@H]21)C(=O)O. The highest BCUT2D eigenvalue weighted by Crippen LogP contribution is 2.37. The molecule has 0 saturated carbocycles. The van der Waals surface area contributed by atoms with E-state index in [-0.39, 0.29) is 19.1 Å². The number of nitrogens with one attached hydrogen (secondary N) is 1. The Kier molecular flexibility index (Phi) is 2.90. The number of carbonyl (C=O) groups is 1. The summed E-state index contributed by atoms with van der Waals surface area (Å²) in [4.78, 5) is 12.7. The van der Waals surface area contributed by atoms with Gasteiger partial charge >= 0.3 is 5.97 Å². The van der Waals surface area contributed by atoms with E-state index in [4.69, 9.17) is 5.11 Å². The second-order valence-electron chi connectivity index (χ2n) is 5.64. The molecular formula is C11H18F2N2O2. The van der Waals surface area contributed by atoms with Crippen LogP contribution in [-0.2, 0) is 4.79 Å². The van der Waals surface area contributed by atoms with E-state index >= 15 is 0 Å². The third kappa shape index (κ3) is 2.15. The molecule has 0 bridgehead atoms. The molecule has 2 aliphatic heterocycles. The summed E-state index contributed by atoms with van der Waals surface area (Å²) in [7, 11) is 0. The number of likely N-dealkylation sites (tertiary alicyclic amines) is 1. The molecule has 17 heavy (non-hydrogen) atoms. The molecular weight excluding hydrogens is 230 g/mol. The molecule has 0 unspecified atom stereocenters. The van der Waals surface area contributed by atoms with Crippen LogP contribution in [0, 0.1) is 5.41 Å². The van der Waals surface area contributed by atoms with Crippen LogP contribution >= 0.6 is 0 Å². The lowest BCUT2D eigenvalue weighted by atomic mass is 9.92. The predicted octanol–water partition coefficient (Wildman–Crippen LogP) is 0.779. The summed E-state index contributed by atoms with van der Waals surface area (Å²) in [6.45, 7) is 3.55. The number of carboxylic acid groups (broad SMARTS) is 1. The Hall–Kier alpha value is -0.750. The zero-order valence-electron chi connectivity index (χ0n) is 10.0. The van der Waals surface area contributed by atoms with Gasteiger partial charge in [-0.25, -0.2) is 8.78 Å². The van der Waals surface area contributed by atoms with Crippen molar-refractivity contribution in [3.63, 3.8) is 0 Å². The Morgan fingerprint density at radius 1 is 1.59 bits per heavy atom. The van der Waals surface area contributed by atoms with E-state index < -0.39 is 23.3 Å². The molecule has 0 aromatic carbocycles. The summed E-state index contributed by atoms with van der Waals surface area (Å²) in [5.74, 6) is -3.70. The van der Waals surface area contributed by atoms with Crippen LogP contribution in [0.3, 0.4) is 0 Å². The molecule has 2 fully saturated rings. The smallest absolute Gasteiger partial charge is 0.310 e. The van der Waals surface area contributed by atoms with Crippen molar-refractivity contribution in [3.05, 3.63) is 0 Å². The average molecular weight is 248 g/mol. The van der Waals surface area contributed by atoms with Gasteiger partial charge in [-0.05, 0) is 20.3 Å². The fourth-order valence-electron chi connectivity index (χ4n) is 2.76. The van der Waals surface area contributed by atoms with Crippen LogP contribution in [0.2, 0.25) is 0 Å². The highest BCUT2D eigenvalue weighted by molar-refractivity contribution is 5.73. The van der Waals surface area contributed by atoms with Crippen LogP contribution in [0.1, 0.15) is 20.3 Å². The number of halogens is 2. The first-order chi connectivity index (χ1) is 7.74. The maximum Gasteiger partial charge on any atom is 0.310 e. The van der Waals surface area contributed by atoms with E-state index in [0.29, 0.717) is 13.0 Å². The van der Waals surface area contributed by atoms with Gasteiger partial charge in [0.2, 0.25) is 0 Å². The Morgan fingerprint density at radius 2 is 2.24 bits per heavy atom. The molecule has 4 nitrogen and oxygen atoms in total. The van der Waals surface area contributed by atoms with Crippen molar-refractivity contribution < 1.29 is 18.7 Å². The number of aliphatic carboxylic acids is 1. The maximum absolute atomic E-state index is 13.7. The third-order valence-corrected chi connectivity index (χ3v) is 3.71. The molecule has 2 saturated heterocycles. The standard InChI is InChI=1S/C11H18F2N2O2/c1-10(2,9(16)17)6-15-4-3-7-8(15)11(12,13)5-14-7/h7-8,14H,3-6H2,1-2H3,(H,16,17)/t7-,8+/m0/s1. The zero-order valence-corrected chi connectivity index (χ0v) is 10.0. The predicted molar refractivity (Wildman–Crippen MR) is 58.1 cm³/mol. The fourth-order valence-corrected chi connectivity index (χ4v) is 2.76. The Labute approximate surface area is 99.0 Å². The molecule has 0 radical (unpaired) electrons. The highest BCUT2D eigenvalue weighted by Gasteiger charge is 2.56. The van der Waals surface area contributed by atoms with Crippen molar-refractivity contribution in [3.8, 4) is 0 Å². The quantitative estimate of drug-likeness (QED) is 0.775. The number of alkyl halides is 2. The van der Waals surface area contributed by atoms with Gasteiger partial charge in [0.1, 0.15) is 0 Å². The summed E-state index contributed by atoms with van der Waals surface area (Å²) in [5, 5.41) is 11.9. The first-order valence-electron chi connectivity index (χ1n) is 5.83. The molecule has 0 aromatic heterocycles. The Morgan fingerprint density at radius 3 is 2.82 bits per heavy atom. The van der Waals surface area contributed by atoms with Crippen LogP contribution in [0.4, 0.5) is 8.78 Å². The lowest BCUT2D eigenvalue weighted by Gasteiger charge is -2.32. The lowest BCUT2D eigenvalue weighted by molar-refractivity contribution is -0.149. The number of carboxylic acids is 1. The van der Waals surface area contributed by atoms with Crippen molar-refractivity contribution in [2.24, 2.45) is 5.41 Å². The molecule has 0 spiro atoms. The van der Waals surface area contributed by atoms with Crippen molar-refractivity contribution in [1.29, 1.82) is 0 Å². The van der Waals surface area contributed by atoms with Gasteiger partial charge in [0.15, 0.2) is 0 Å². The summed E-state index contributed by atoms with van der Waals surface area (Å²) in [5.41, 5.74) is -0.993. The Balaban J connectivity index is 2.10. The van der Waals surface area contributed by atoms with E-state index in [1.54, 1.807) is 18.7 Å². The topological polar surface area (TPSA) is 52.6 Å². The summed E-state index contributed by atoms with van der Waals surface area (Å²) in [6, 6.07) is -1.05. The first kappa shape index (κ1) is 12.7. The van der Waals surface area contributed by atoms with E-state index in [9.17, 15) is 13.6 Å². The second kappa shape index (κ2) is 3.88. The Bertz CT molecular complexity index is 333. The number of fused-ring (bicyclic) bond motifs is 1. The number of nitrogens with zero attached hydrogens (tertiary/aromatic N) is 1. The monoisotopic (exact) mass is 248 g/mol. The largest absolute Gasteiger partial charge is 0.481 e. The summed E-state index contributed by atoms with van der Waals surface area (Å²) >= 11 is 0. The lowest BCUT2D eigenvalue weighted by Crippen LogP contribution is -2.49. The average Bonchev–Trinajstić information content (AvgIpc) is 2.69. The molecule has 2 aliphatic rings. The number of hydrogen-bond acceptors (Lipinski definition) is 3. The number of hydrogen-bond donors (Lipinski definition) is 2. The van der Waals surface area contributed by atoms with E-state index in [2.05, 4.69) is 5.32 Å². The van der Waals surface area contributed by atoms with Gasteiger partial charge < -0.3 is 10.4 Å². The van der Waals surface area contributed by atoms with Gasteiger partial charge in [0.05, 0.1) is 18.0 Å². The van der Waals surface area contributed by atoms with E-state index in [0.717, 1.165) is 0 Å². The zero-order chi connectivity index (χ0) is 12.8. The minimum Gasteiger partial charge on any atom is -0.481 e. The second-order valence-corrected chi connectivity index (χ2v) is 5.64. The van der Waals surface area contributed by atoms with Gasteiger partial charge in [-0.1, -0.05) is 0 Å². The molecule has 0 amide bonds. The van der Waals surface area contributed by atoms with Gasteiger partial charge in [-0.2, -0.15) is 0 Å². The molecule has 98 valence electrons. The van der Waals surface area contributed by atoms with Crippen LogP contribution in [0.5, 0.6) is 0 Å². The molecule has 2 rings (SSSR count). The van der Waals surface area contributed by atoms with Crippen molar-refractivity contribution in [1.82, 2.24) is 10.2 Å².